The van der Waals surface area contributed by atoms with Crippen molar-refractivity contribution in [3.63, 3.8) is 0 Å². The maximum absolute atomic E-state index is 6.34. The summed E-state index contributed by atoms with van der Waals surface area (Å²) in [5, 5.41) is 4.59. The first-order chi connectivity index (χ1) is 8.69. The van der Waals surface area contributed by atoms with E-state index in [2.05, 4.69) is 5.16 Å². The van der Waals surface area contributed by atoms with Gasteiger partial charge in [0.2, 0.25) is 5.88 Å². The predicted octanol–water partition coefficient (Wildman–Crippen LogP) is 3.46. The van der Waals surface area contributed by atoms with Crippen LogP contribution < -0.4 is 10.5 Å². The second-order valence-electron chi connectivity index (χ2n) is 4.46. The zero-order valence-electron chi connectivity index (χ0n) is 9.94. The molecule has 5 heteroatoms. The van der Waals surface area contributed by atoms with E-state index in [1.807, 2.05) is 12.1 Å². The number of hydrogen-bond donors (Lipinski definition) is 1. The van der Waals surface area contributed by atoms with Crippen molar-refractivity contribution in [1.29, 1.82) is 0 Å². The topological polar surface area (TPSA) is 61.3 Å². The Morgan fingerprint density at radius 3 is 2.72 bits per heavy atom. The molecule has 0 aliphatic heterocycles. The number of nitrogen functional groups attached to an aromatic ring is 1. The smallest absolute Gasteiger partial charge is 0.222 e. The molecule has 1 aliphatic carbocycles. The fourth-order valence-electron chi connectivity index (χ4n) is 2.10. The fourth-order valence-corrected chi connectivity index (χ4v) is 2.47. The molecule has 0 atom stereocenters. The Hall–Kier alpha value is -1.68. The third kappa shape index (κ3) is 1.93. The zero-order chi connectivity index (χ0) is 12.7. The lowest BCUT2D eigenvalue weighted by Crippen LogP contribution is -1.93. The standard InChI is InChI=1S/C13H13ClN2O2/c1-17-11-5-8(10-6-12(15)18-16-10)4-9(14)13(11)7-2-3-7/h4-7H,2-3,15H2,1H3. The third-order valence-electron chi connectivity index (χ3n) is 3.12. The number of nitrogens with two attached hydrogens (primary N) is 1. The van der Waals surface area contributed by atoms with Crippen LogP contribution in [0.5, 0.6) is 5.75 Å². The Morgan fingerprint density at radius 1 is 1.39 bits per heavy atom. The second-order valence-corrected chi connectivity index (χ2v) is 4.87. The lowest BCUT2D eigenvalue weighted by atomic mass is 10.0. The van der Waals surface area contributed by atoms with Crippen molar-refractivity contribution in [2.24, 2.45) is 0 Å². The van der Waals surface area contributed by atoms with E-state index in [-0.39, 0.29) is 5.88 Å². The van der Waals surface area contributed by atoms with Crippen LogP contribution in [0.25, 0.3) is 11.3 Å². The SMILES string of the molecule is COc1cc(-c2cc(N)on2)cc(Cl)c1C1CC1. The van der Waals surface area contributed by atoms with Gasteiger partial charge in [0.15, 0.2) is 0 Å². The number of benzene rings is 1. The van der Waals surface area contributed by atoms with E-state index in [0.29, 0.717) is 16.6 Å². The Kier molecular flexibility index (Phi) is 2.67. The molecule has 0 bridgehead atoms. The molecule has 94 valence electrons. The first-order valence-electron chi connectivity index (χ1n) is 5.79. The van der Waals surface area contributed by atoms with Crippen LogP contribution in [0.2, 0.25) is 5.02 Å². The summed E-state index contributed by atoms with van der Waals surface area (Å²) in [7, 11) is 1.65. The van der Waals surface area contributed by atoms with Gasteiger partial charge in [-0.3, -0.25) is 0 Å². The highest BCUT2D eigenvalue weighted by Gasteiger charge is 2.29. The molecule has 2 N–H and O–H groups in total. The molecular formula is C13H13ClN2O2. The minimum atomic E-state index is 0.284. The summed E-state index contributed by atoms with van der Waals surface area (Å²) in [5.74, 6) is 1.62. The van der Waals surface area contributed by atoms with Crippen molar-refractivity contribution in [2.75, 3.05) is 12.8 Å². The molecule has 0 radical (unpaired) electrons. The molecule has 4 nitrogen and oxygen atoms in total. The Morgan fingerprint density at radius 2 is 2.17 bits per heavy atom. The summed E-state index contributed by atoms with van der Waals surface area (Å²) in [5.41, 5.74) is 8.13. The van der Waals surface area contributed by atoms with Crippen LogP contribution in [0.15, 0.2) is 22.7 Å². The van der Waals surface area contributed by atoms with Crippen molar-refractivity contribution in [3.05, 3.63) is 28.8 Å². The van der Waals surface area contributed by atoms with Crippen LogP contribution in [0.3, 0.4) is 0 Å². The first kappa shape index (κ1) is 11.4. The number of rotatable bonds is 3. The molecule has 2 aromatic rings. The van der Waals surface area contributed by atoms with Crippen LogP contribution >= 0.6 is 11.6 Å². The predicted molar refractivity (Wildman–Crippen MR) is 69.9 cm³/mol. The lowest BCUT2D eigenvalue weighted by Gasteiger charge is -2.11. The lowest BCUT2D eigenvalue weighted by molar-refractivity contribution is 0.410. The average Bonchev–Trinajstić information content (AvgIpc) is 3.09. The van der Waals surface area contributed by atoms with Crippen molar-refractivity contribution >= 4 is 17.5 Å². The monoisotopic (exact) mass is 264 g/mol. The van der Waals surface area contributed by atoms with Gasteiger partial charge >= 0.3 is 0 Å². The van der Waals surface area contributed by atoms with E-state index in [0.717, 1.165) is 16.9 Å². The number of aromatic nitrogens is 1. The minimum absolute atomic E-state index is 0.284. The zero-order valence-corrected chi connectivity index (χ0v) is 10.7. The Bertz CT molecular complexity index is 591. The maximum Gasteiger partial charge on any atom is 0.222 e. The van der Waals surface area contributed by atoms with Gasteiger partial charge in [0.25, 0.3) is 0 Å². The molecule has 3 rings (SSSR count). The number of anilines is 1. The molecule has 1 aromatic heterocycles. The molecule has 1 aliphatic rings. The van der Waals surface area contributed by atoms with E-state index in [9.17, 15) is 0 Å². The quantitative estimate of drug-likeness (QED) is 0.922. The fraction of sp³-hybridized carbons (Fsp3) is 0.308. The number of hydrogen-bond acceptors (Lipinski definition) is 4. The summed E-state index contributed by atoms with van der Waals surface area (Å²) < 4.78 is 10.3. The molecule has 1 aromatic carbocycles. The number of nitrogens with zero attached hydrogens (tertiary/aromatic N) is 1. The maximum atomic E-state index is 6.34. The van der Waals surface area contributed by atoms with Gasteiger partial charge in [0, 0.05) is 22.2 Å². The van der Waals surface area contributed by atoms with Crippen LogP contribution in [-0.4, -0.2) is 12.3 Å². The Balaban J connectivity index is 2.09. The van der Waals surface area contributed by atoms with Crippen LogP contribution in [0.1, 0.15) is 24.3 Å². The van der Waals surface area contributed by atoms with E-state index >= 15 is 0 Å². The van der Waals surface area contributed by atoms with Crippen molar-refractivity contribution in [2.45, 2.75) is 18.8 Å². The van der Waals surface area contributed by atoms with Crippen molar-refractivity contribution in [3.8, 4) is 17.0 Å². The van der Waals surface area contributed by atoms with Crippen LogP contribution in [-0.2, 0) is 0 Å². The normalized spacial score (nSPS) is 14.8. The molecule has 18 heavy (non-hydrogen) atoms. The van der Waals surface area contributed by atoms with Crippen LogP contribution in [0, 0.1) is 0 Å². The van der Waals surface area contributed by atoms with Gasteiger partial charge in [0.05, 0.1) is 7.11 Å². The van der Waals surface area contributed by atoms with Gasteiger partial charge in [-0.2, -0.15) is 0 Å². The highest BCUT2D eigenvalue weighted by Crippen LogP contribution is 2.48. The summed E-state index contributed by atoms with van der Waals surface area (Å²) in [6.07, 6.45) is 2.35. The molecule has 0 amide bonds. The van der Waals surface area contributed by atoms with Gasteiger partial charge in [-0.15, -0.1) is 0 Å². The van der Waals surface area contributed by atoms with Gasteiger partial charge in [-0.05, 0) is 30.9 Å². The van der Waals surface area contributed by atoms with E-state index < -0.39 is 0 Å². The number of ether oxygens (including phenoxy) is 1. The van der Waals surface area contributed by atoms with Crippen molar-refractivity contribution < 1.29 is 9.26 Å². The Labute approximate surface area is 110 Å². The number of methoxy groups -OCH3 is 1. The third-order valence-corrected chi connectivity index (χ3v) is 3.43. The first-order valence-corrected chi connectivity index (χ1v) is 6.17. The summed E-state index contributed by atoms with van der Waals surface area (Å²) in [4.78, 5) is 0. The molecular weight excluding hydrogens is 252 g/mol. The molecule has 1 saturated carbocycles. The van der Waals surface area contributed by atoms with Crippen LogP contribution in [0.4, 0.5) is 5.88 Å². The van der Waals surface area contributed by atoms with Gasteiger partial charge < -0.3 is 15.0 Å². The van der Waals surface area contributed by atoms with Crippen molar-refractivity contribution in [1.82, 2.24) is 5.16 Å². The average molecular weight is 265 g/mol. The van der Waals surface area contributed by atoms with Gasteiger partial charge in [-0.1, -0.05) is 16.8 Å². The minimum Gasteiger partial charge on any atom is -0.496 e. The van der Waals surface area contributed by atoms with E-state index in [1.165, 1.54) is 12.8 Å². The molecule has 1 fully saturated rings. The van der Waals surface area contributed by atoms with E-state index in [4.69, 9.17) is 26.6 Å². The summed E-state index contributed by atoms with van der Waals surface area (Å²) in [6, 6.07) is 5.48. The molecule has 0 unspecified atom stereocenters. The van der Waals surface area contributed by atoms with Gasteiger partial charge in [0.1, 0.15) is 11.4 Å². The van der Waals surface area contributed by atoms with Gasteiger partial charge in [-0.25, -0.2) is 0 Å². The highest BCUT2D eigenvalue weighted by atomic mass is 35.5. The highest BCUT2D eigenvalue weighted by molar-refractivity contribution is 6.32. The van der Waals surface area contributed by atoms with E-state index in [1.54, 1.807) is 13.2 Å². The molecule has 0 saturated heterocycles. The largest absolute Gasteiger partial charge is 0.496 e. The second kappa shape index (κ2) is 4.21. The summed E-state index contributed by atoms with van der Waals surface area (Å²) >= 11 is 6.34. The summed E-state index contributed by atoms with van der Waals surface area (Å²) in [6.45, 7) is 0. The molecule has 1 heterocycles. The number of halogens is 1. The molecule has 0 spiro atoms.